The third-order valence-electron chi connectivity index (χ3n) is 2.93. The summed E-state index contributed by atoms with van der Waals surface area (Å²) in [7, 11) is 0. The van der Waals surface area contributed by atoms with Gasteiger partial charge in [-0.1, -0.05) is 17.8 Å². The van der Waals surface area contributed by atoms with Crippen LogP contribution in [0.15, 0.2) is 52.3 Å². The SMILES string of the molecule is O=C(O)Cc1ccc(Sc2ccc(C(=O)O)cc2)cc1[N+](=O)[O-]. The lowest BCUT2D eigenvalue weighted by Crippen LogP contribution is -2.03. The molecule has 0 unspecified atom stereocenters. The first-order chi connectivity index (χ1) is 10.9. The van der Waals surface area contributed by atoms with Crippen molar-refractivity contribution in [3.05, 3.63) is 63.7 Å². The van der Waals surface area contributed by atoms with Crippen LogP contribution in [0.5, 0.6) is 0 Å². The lowest BCUT2D eigenvalue weighted by Gasteiger charge is -2.05. The Labute approximate surface area is 134 Å². The van der Waals surface area contributed by atoms with Crippen LogP contribution in [-0.2, 0) is 11.2 Å². The van der Waals surface area contributed by atoms with Gasteiger partial charge in [0.2, 0.25) is 0 Å². The van der Waals surface area contributed by atoms with Gasteiger partial charge in [0.05, 0.1) is 16.9 Å². The molecule has 0 bridgehead atoms. The molecule has 7 nitrogen and oxygen atoms in total. The van der Waals surface area contributed by atoms with E-state index < -0.39 is 23.3 Å². The maximum absolute atomic E-state index is 11.1. The fourth-order valence-corrected chi connectivity index (χ4v) is 2.74. The summed E-state index contributed by atoms with van der Waals surface area (Å²) in [5, 5.41) is 28.7. The highest BCUT2D eigenvalue weighted by Crippen LogP contribution is 2.32. The molecule has 0 atom stereocenters. The van der Waals surface area contributed by atoms with E-state index in [4.69, 9.17) is 10.2 Å². The van der Waals surface area contributed by atoms with Crippen LogP contribution in [0.3, 0.4) is 0 Å². The number of nitro benzene ring substituents is 1. The number of aromatic carboxylic acids is 1. The lowest BCUT2D eigenvalue weighted by molar-refractivity contribution is -0.385. The van der Waals surface area contributed by atoms with E-state index in [1.165, 1.54) is 36.0 Å². The molecule has 0 aliphatic rings. The normalized spacial score (nSPS) is 10.3. The molecule has 118 valence electrons. The Balaban J connectivity index is 2.26. The van der Waals surface area contributed by atoms with E-state index in [2.05, 4.69) is 0 Å². The zero-order valence-corrected chi connectivity index (χ0v) is 12.4. The number of benzene rings is 2. The molecule has 0 amide bonds. The van der Waals surface area contributed by atoms with Gasteiger partial charge in [0.25, 0.3) is 5.69 Å². The highest BCUT2D eigenvalue weighted by Gasteiger charge is 2.17. The van der Waals surface area contributed by atoms with E-state index in [1.807, 2.05) is 0 Å². The van der Waals surface area contributed by atoms with Crippen LogP contribution in [0.4, 0.5) is 5.69 Å². The summed E-state index contributed by atoms with van der Waals surface area (Å²) in [5.41, 5.74) is 0.0322. The number of hydrogen-bond donors (Lipinski definition) is 2. The second-order valence-electron chi connectivity index (χ2n) is 4.55. The van der Waals surface area contributed by atoms with Crippen molar-refractivity contribution < 1.29 is 24.7 Å². The minimum atomic E-state index is -1.14. The number of carboxylic acids is 2. The molecule has 0 radical (unpaired) electrons. The zero-order valence-electron chi connectivity index (χ0n) is 11.6. The largest absolute Gasteiger partial charge is 0.481 e. The number of aliphatic carboxylic acids is 1. The van der Waals surface area contributed by atoms with Gasteiger partial charge in [-0.2, -0.15) is 0 Å². The molecule has 0 saturated heterocycles. The third kappa shape index (κ3) is 4.30. The maximum atomic E-state index is 11.1. The molecule has 23 heavy (non-hydrogen) atoms. The summed E-state index contributed by atoms with van der Waals surface area (Å²) in [6.07, 6.45) is -0.422. The van der Waals surface area contributed by atoms with E-state index >= 15 is 0 Å². The first kappa shape index (κ1) is 16.5. The van der Waals surface area contributed by atoms with E-state index in [0.717, 1.165) is 4.90 Å². The third-order valence-corrected chi connectivity index (χ3v) is 3.93. The average molecular weight is 333 g/mol. The molecule has 0 aliphatic heterocycles. The van der Waals surface area contributed by atoms with Crippen LogP contribution in [0, 0.1) is 10.1 Å². The van der Waals surface area contributed by atoms with Crippen LogP contribution in [-0.4, -0.2) is 27.1 Å². The molecule has 0 aliphatic carbocycles. The molecule has 0 spiro atoms. The summed E-state index contributed by atoms with van der Waals surface area (Å²) < 4.78 is 0. The first-order valence-corrected chi connectivity index (χ1v) is 7.19. The molecular formula is C15H11NO6S. The van der Waals surface area contributed by atoms with E-state index in [-0.39, 0.29) is 16.8 Å². The summed E-state index contributed by atoms with van der Waals surface area (Å²) in [4.78, 5) is 33.2. The number of rotatable bonds is 6. The zero-order chi connectivity index (χ0) is 17.0. The van der Waals surface area contributed by atoms with Crippen molar-refractivity contribution in [1.82, 2.24) is 0 Å². The molecule has 0 heterocycles. The summed E-state index contributed by atoms with van der Waals surface area (Å²) >= 11 is 1.22. The smallest absolute Gasteiger partial charge is 0.335 e. The topological polar surface area (TPSA) is 118 Å². The lowest BCUT2D eigenvalue weighted by atomic mass is 10.1. The summed E-state index contributed by atoms with van der Waals surface area (Å²) in [6.45, 7) is 0. The molecule has 0 fully saturated rings. The Hall–Kier alpha value is -2.87. The molecular weight excluding hydrogens is 322 g/mol. The summed E-state index contributed by atoms with van der Waals surface area (Å²) in [5.74, 6) is -2.17. The number of carbonyl (C=O) groups is 2. The molecule has 2 N–H and O–H groups in total. The molecule has 0 saturated carbocycles. The van der Waals surface area contributed by atoms with Gasteiger partial charge in [-0.05, 0) is 30.3 Å². The van der Waals surface area contributed by atoms with Gasteiger partial charge in [0.15, 0.2) is 0 Å². The van der Waals surface area contributed by atoms with Crippen LogP contribution < -0.4 is 0 Å². The average Bonchev–Trinajstić information content (AvgIpc) is 2.48. The second-order valence-corrected chi connectivity index (χ2v) is 5.70. The van der Waals surface area contributed by atoms with E-state index in [1.54, 1.807) is 18.2 Å². The predicted octanol–water partition coefficient (Wildman–Crippen LogP) is 3.07. The number of hydrogen-bond acceptors (Lipinski definition) is 5. The number of carboxylic acid groups (broad SMARTS) is 2. The molecule has 2 rings (SSSR count). The van der Waals surface area contributed by atoms with Crippen LogP contribution in [0.1, 0.15) is 15.9 Å². The predicted molar refractivity (Wildman–Crippen MR) is 82.0 cm³/mol. The van der Waals surface area contributed by atoms with Gasteiger partial charge in [0, 0.05) is 21.4 Å². The minimum Gasteiger partial charge on any atom is -0.481 e. The van der Waals surface area contributed by atoms with Crippen molar-refractivity contribution in [2.45, 2.75) is 16.2 Å². The van der Waals surface area contributed by atoms with Gasteiger partial charge in [0.1, 0.15) is 0 Å². The van der Waals surface area contributed by atoms with Crippen molar-refractivity contribution in [3.63, 3.8) is 0 Å². The quantitative estimate of drug-likeness (QED) is 0.616. The van der Waals surface area contributed by atoms with Gasteiger partial charge in [-0.3, -0.25) is 14.9 Å². The van der Waals surface area contributed by atoms with Crippen molar-refractivity contribution in [2.24, 2.45) is 0 Å². The van der Waals surface area contributed by atoms with Crippen LogP contribution >= 0.6 is 11.8 Å². The number of nitro groups is 1. The molecule has 0 aromatic heterocycles. The highest BCUT2D eigenvalue weighted by molar-refractivity contribution is 7.99. The van der Waals surface area contributed by atoms with Crippen molar-refractivity contribution in [2.75, 3.05) is 0 Å². The van der Waals surface area contributed by atoms with Gasteiger partial charge < -0.3 is 10.2 Å². The van der Waals surface area contributed by atoms with Gasteiger partial charge in [-0.15, -0.1) is 0 Å². The monoisotopic (exact) mass is 333 g/mol. The first-order valence-electron chi connectivity index (χ1n) is 6.37. The Kier molecular flexibility index (Phi) is 4.97. The molecule has 8 heteroatoms. The second kappa shape index (κ2) is 6.93. The Morgan fingerprint density at radius 2 is 1.65 bits per heavy atom. The Morgan fingerprint density at radius 1 is 1.04 bits per heavy atom. The molecule has 2 aromatic carbocycles. The van der Waals surface area contributed by atoms with E-state index in [9.17, 15) is 19.7 Å². The maximum Gasteiger partial charge on any atom is 0.335 e. The highest BCUT2D eigenvalue weighted by atomic mass is 32.2. The molecule has 2 aromatic rings. The van der Waals surface area contributed by atoms with Crippen molar-refractivity contribution in [3.8, 4) is 0 Å². The fourth-order valence-electron chi connectivity index (χ4n) is 1.89. The van der Waals surface area contributed by atoms with Gasteiger partial charge >= 0.3 is 11.9 Å². The Bertz CT molecular complexity index is 772. The van der Waals surface area contributed by atoms with Crippen LogP contribution in [0.2, 0.25) is 0 Å². The fraction of sp³-hybridized carbons (Fsp3) is 0.0667. The van der Waals surface area contributed by atoms with E-state index in [0.29, 0.717) is 4.90 Å². The van der Waals surface area contributed by atoms with Crippen molar-refractivity contribution in [1.29, 1.82) is 0 Å². The van der Waals surface area contributed by atoms with Crippen molar-refractivity contribution >= 4 is 29.4 Å². The number of nitrogens with zero attached hydrogens (tertiary/aromatic N) is 1. The summed E-state index contributed by atoms with van der Waals surface area (Å²) in [6, 6.07) is 10.4. The van der Waals surface area contributed by atoms with Gasteiger partial charge in [-0.25, -0.2) is 4.79 Å². The standard InChI is InChI=1S/C15H11NO6S/c17-14(18)7-10-3-6-12(8-13(10)16(21)22)23-11-4-1-9(2-5-11)15(19)20/h1-6,8H,7H2,(H,17,18)(H,19,20). The minimum absolute atomic E-state index is 0.132. The Morgan fingerprint density at radius 3 is 2.17 bits per heavy atom. The van der Waals surface area contributed by atoms with Crippen LogP contribution in [0.25, 0.3) is 0 Å².